The molecule has 0 radical (unpaired) electrons. The molecule has 0 saturated carbocycles. The quantitative estimate of drug-likeness (QED) is 0.798. The average Bonchev–Trinajstić information content (AvgIpc) is 2.87. The molecule has 0 saturated heterocycles. The Bertz CT molecular complexity index is 491. The van der Waals surface area contributed by atoms with E-state index >= 15 is 0 Å². The van der Waals surface area contributed by atoms with E-state index in [1.54, 1.807) is 6.39 Å². The fourth-order valence-electron chi connectivity index (χ4n) is 2.22. The Morgan fingerprint density at radius 2 is 1.95 bits per heavy atom. The van der Waals surface area contributed by atoms with E-state index in [1.165, 1.54) is 5.56 Å². The summed E-state index contributed by atoms with van der Waals surface area (Å²) in [6, 6.07) is 10.6. The lowest BCUT2D eigenvalue weighted by atomic mass is 10.1. The zero-order chi connectivity index (χ0) is 14.2. The number of nitrogens with zero attached hydrogens (tertiary/aromatic N) is 1. The lowest BCUT2D eigenvalue weighted by Crippen LogP contribution is -2.19. The van der Waals surface area contributed by atoms with Crippen molar-refractivity contribution < 1.29 is 4.42 Å². The molecule has 0 spiro atoms. The molecular formula is C17H24N2O. The Morgan fingerprint density at radius 3 is 2.70 bits per heavy atom. The summed E-state index contributed by atoms with van der Waals surface area (Å²) in [5, 5.41) is 3.41. The molecule has 2 rings (SSSR count). The Kier molecular flexibility index (Phi) is 5.81. The van der Waals surface area contributed by atoms with E-state index in [-0.39, 0.29) is 0 Å². The number of hydrogen-bond donors (Lipinski definition) is 1. The van der Waals surface area contributed by atoms with Gasteiger partial charge in [-0.05, 0) is 30.9 Å². The van der Waals surface area contributed by atoms with Gasteiger partial charge in [0.05, 0.1) is 5.69 Å². The van der Waals surface area contributed by atoms with E-state index in [0.29, 0.717) is 5.92 Å². The molecule has 0 aliphatic carbocycles. The van der Waals surface area contributed by atoms with Gasteiger partial charge in [0.2, 0.25) is 0 Å². The topological polar surface area (TPSA) is 38.1 Å². The second kappa shape index (κ2) is 7.85. The monoisotopic (exact) mass is 272 g/mol. The third kappa shape index (κ3) is 4.82. The SMILES string of the molecule is CC(C)CNCc1ncoc1CCCc1ccccc1. The Balaban J connectivity index is 1.77. The van der Waals surface area contributed by atoms with Gasteiger partial charge in [-0.15, -0.1) is 0 Å². The molecule has 1 N–H and O–H groups in total. The van der Waals surface area contributed by atoms with E-state index < -0.39 is 0 Å². The molecule has 0 aliphatic rings. The zero-order valence-corrected chi connectivity index (χ0v) is 12.4. The molecule has 1 aromatic carbocycles. The minimum Gasteiger partial charge on any atom is -0.448 e. The van der Waals surface area contributed by atoms with Gasteiger partial charge in [0.1, 0.15) is 5.76 Å². The number of benzene rings is 1. The fourth-order valence-corrected chi connectivity index (χ4v) is 2.22. The van der Waals surface area contributed by atoms with Crippen molar-refractivity contribution in [2.45, 2.75) is 39.7 Å². The summed E-state index contributed by atoms with van der Waals surface area (Å²) in [7, 11) is 0. The third-order valence-corrected chi connectivity index (χ3v) is 3.28. The van der Waals surface area contributed by atoms with Crippen LogP contribution in [0, 0.1) is 5.92 Å². The van der Waals surface area contributed by atoms with E-state index in [0.717, 1.165) is 43.8 Å². The maximum Gasteiger partial charge on any atom is 0.181 e. The van der Waals surface area contributed by atoms with Crippen LogP contribution in [0.3, 0.4) is 0 Å². The molecule has 2 aromatic rings. The van der Waals surface area contributed by atoms with Crippen LogP contribution < -0.4 is 5.32 Å². The van der Waals surface area contributed by atoms with Crippen LogP contribution in [0.15, 0.2) is 41.1 Å². The van der Waals surface area contributed by atoms with Crippen LogP contribution in [0.2, 0.25) is 0 Å². The molecule has 108 valence electrons. The Labute approximate surface area is 121 Å². The van der Waals surface area contributed by atoms with Crippen molar-refractivity contribution in [3.63, 3.8) is 0 Å². The second-order valence-electron chi connectivity index (χ2n) is 5.59. The van der Waals surface area contributed by atoms with Crippen molar-refractivity contribution in [1.82, 2.24) is 10.3 Å². The summed E-state index contributed by atoms with van der Waals surface area (Å²) >= 11 is 0. The first-order chi connectivity index (χ1) is 9.75. The molecule has 3 nitrogen and oxygen atoms in total. The highest BCUT2D eigenvalue weighted by molar-refractivity contribution is 5.15. The number of oxazole rings is 1. The van der Waals surface area contributed by atoms with Crippen LogP contribution in [0.5, 0.6) is 0 Å². The van der Waals surface area contributed by atoms with Gasteiger partial charge < -0.3 is 9.73 Å². The van der Waals surface area contributed by atoms with E-state index in [1.807, 2.05) is 0 Å². The van der Waals surface area contributed by atoms with Crippen LogP contribution in [0.25, 0.3) is 0 Å². The molecule has 1 aromatic heterocycles. The van der Waals surface area contributed by atoms with E-state index in [4.69, 9.17) is 4.42 Å². The number of aromatic nitrogens is 1. The van der Waals surface area contributed by atoms with Crippen LogP contribution in [0.1, 0.15) is 37.3 Å². The number of rotatable bonds is 8. The summed E-state index contributed by atoms with van der Waals surface area (Å²) < 4.78 is 5.51. The number of nitrogens with one attached hydrogen (secondary N) is 1. The first kappa shape index (κ1) is 14.8. The summed E-state index contributed by atoms with van der Waals surface area (Å²) in [5.74, 6) is 1.68. The standard InChI is InChI=1S/C17H24N2O/c1-14(2)11-18-12-16-17(20-13-19-16)10-6-9-15-7-4-3-5-8-15/h3-5,7-8,13-14,18H,6,9-12H2,1-2H3. The summed E-state index contributed by atoms with van der Waals surface area (Å²) in [6.07, 6.45) is 4.69. The van der Waals surface area contributed by atoms with Gasteiger partial charge >= 0.3 is 0 Å². The van der Waals surface area contributed by atoms with Crippen LogP contribution in [0.4, 0.5) is 0 Å². The molecule has 0 fully saturated rings. The largest absolute Gasteiger partial charge is 0.448 e. The highest BCUT2D eigenvalue weighted by Crippen LogP contribution is 2.12. The first-order valence-corrected chi connectivity index (χ1v) is 7.41. The molecule has 1 heterocycles. The van der Waals surface area contributed by atoms with Crippen molar-refractivity contribution >= 4 is 0 Å². The summed E-state index contributed by atoms with van der Waals surface area (Å²) in [6.45, 7) is 6.22. The normalized spacial score (nSPS) is 11.2. The zero-order valence-electron chi connectivity index (χ0n) is 12.4. The van der Waals surface area contributed by atoms with Gasteiger partial charge in [-0.3, -0.25) is 0 Å². The number of hydrogen-bond acceptors (Lipinski definition) is 3. The van der Waals surface area contributed by atoms with Gasteiger partial charge in [0.25, 0.3) is 0 Å². The number of aryl methyl sites for hydroxylation is 2. The highest BCUT2D eigenvalue weighted by atomic mass is 16.3. The minimum absolute atomic E-state index is 0.656. The van der Waals surface area contributed by atoms with Gasteiger partial charge in [-0.2, -0.15) is 0 Å². The van der Waals surface area contributed by atoms with Gasteiger partial charge in [-0.25, -0.2) is 4.98 Å². The van der Waals surface area contributed by atoms with Crippen LogP contribution >= 0.6 is 0 Å². The van der Waals surface area contributed by atoms with Crippen LogP contribution in [-0.2, 0) is 19.4 Å². The van der Waals surface area contributed by atoms with Crippen molar-refractivity contribution in [2.24, 2.45) is 5.92 Å². The Morgan fingerprint density at radius 1 is 1.15 bits per heavy atom. The smallest absolute Gasteiger partial charge is 0.181 e. The molecule has 3 heteroatoms. The first-order valence-electron chi connectivity index (χ1n) is 7.41. The van der Waals surface area contributed by atoms with E-state index in [9.17, 15) is 0 Å². The molecule has 0 unspecified atom stereocenters. The van der Waals surface area contributed by atoms with E-state index in [2.05, 4.69) is 54.5 Å². The maximum atomic E-state index is 5.51. The lowest BCUT2D eigenvalue weighted by Gasteiger charge is -2.06. The molecule has 0 atom stereocenters. The van der Waals surface area contributed by atoms with Gasteiger partial charge in [0, 0.05) is 13.0 Å². The van der Waals surface area contributed by atoms with Crippen molar-refractivity contribution in [2.75, 3.05) is 6.54 Å². The van der Waals surface area contributed by atoms with Crippen molar-refractivity contribution in [3.05, 3.63) is 53.7 Å². The van der Waals surface area contributed by atoms with Gasteiger partial charge in [0.15, 0.2) is 6.39 Å². The Hall–Kier alpha value is -1.61. The molecular weight excluding hydrogens is 248 g/mol. The minimum atomic E-state index is 0.656. The van der Waals surface area contributed by atoms with Gasteiger partial charge in [-0.1, -0.05) is 44.2 Å². The average molecular weight is 272 g/mol. The third-order valence-electron chi connectivity index (χ3n) is 3.28. The highest BCUT2D eigenvalue weighted by Gasteiger charge is 2.08. The molecule has 20 heavy (non-hydrogen) atoms. The van der Waals surface area contributed by atoms with Crippen molar-refractivity contribution in [3.8, 4) is 0 Å². The molecule has 0 bridgehead atoms. The molecule has 0 amide bonds. The molecule has 0 aliphatic heterocycles. The summed E-state index contributed by atoms with van der Waals surface area (Å²) in [5.41, 5.74) is 2.44. The second-order valence-corrected chi connectivity index (χ2v) is 5.59. The summed E-state index contributed by atoms with van der Waals surface area (Å²) in [4.78, 5) is 4.31. The van der Waals surface area contributed by atoms with Crippen molar-refractivity contribution in [1.29, 1.82) is 0 Å². The predicted octanol–water partition coefficient (Wildman–Crippen LogP) is 3.60. The van der Waals surface area contributed by atoms with Crippen LogP contribution in [-0.4, -0.2) is 11.5 Å². The maximum absolute atomic E-state index is 5.51. The predicted molar refractivity (Wildman–Crippen MR) is 81.5 cm³/mol. The lowest BCUT2D eigenvalue weighted by molar-refractivity contribution is 0.488. The fraction of sp³-hybridized carbons (Fsp3) is 0.471.